The summed E-state index contributed by atoms with van der Waals surface area (Å²) in [7, 11) is -3.15. The molecule has 0 aliphatic heterocycles. The number of halogens is 1. The van der Waals surface area contributed by atoms with Crippen LogP contribution < -0.4 is 4.72 Å². The summed E-state index contributed by atoms with van der Waals surface area (Å²) in [5.41, 5.74) is 2.16. The van der Waals surface area contributed by atoms with Crippen molar-refractivity contribution in [1.82, 2.24) is 9.71 Å². The molecule has 0 saturated heterocycles. The normalized spacial score (nSPS) is 19.8. The molecule has 0 fully saturated rings. The van der Waals surface area contributed by atoms with Crippen LogP contribution in [0.2, 0.25) is 0 Å². The third kappa shape index (κ3) is 2.28. The summed E-state index contributed by atoms with van der Waals surface area (Å²) in [6.45, 7) is 1.64. The fourth-order valence-corrected chi connectivity index (χ4v) is 3.30. The molecule has 0 bridgehead atoms. The Morgan fingerprint density at radius 1 is 1.56 bits per heavy atom. The van der Waals surface area contributed by atoms with Crippen molar-refractivity contribution in [2.75, 3.05) is 5.75 Å². The predicted octanol–water partition coefficient (Wildman–Crippen LogP) is 1.77. The van der Waals surface area contributed by atoms with Crippen LogP contribution >= 0.6 is 15.9 Å². The average molecular weight is 305 g/mol. The number of hydrogen-bond donors (Lipinski definition) is 1. The van der Waals surface area contributed by atoms with Gasteiger partial charge in [-0.15, -0.1) is 0 Å². The molecular formula is C10H13BrN2O2S. The van der Waals surface area contributed by atoms with Gasteiger partial charge in [0.15, 0.2) is 0 Å². The first-order valence-electron chi connectivity index (χ1n) is 5.16. The summed E-state index contributed by atoms with van der Waals surface area (Å²) >= 11 is 3.43. The van der Waals surface area contributed by atoms with Crippen LogP contribution in [0.4, 0.5) is 0 Å². The molecule has 4 nitrogen and oxygen atoms in total. The van der Waals surface area contributed by atoms with E-state index in [2.05, 4.69) is 25.6 Å². The third-order valence-electron chi connectivity index (χ3n) is 2.80. The number of pyridine rings is 1. The molecule has 0 unspecified atom stereocenters. The Labute approximate surface area is 104 Å². The molecule has 1 aromatic rings. The molecule has 0 radical (unpaired) electrons. The Hall–Kier alpha value is -0.460. The Morgan fingerprint density at radius 3 is 3.00 bits per heavy atom. The van der Waals surface area contributed by atoms with Gasteiger partial charge in [-0.2, -0.15) is 0 Å². The summed E-state index contributed by atoms with van der Waals surface area (Å²) < 4.78 is 26.7. The number of nitrogens with one attached hydrogen (secondary N) is 1. The highest BCUT2D eigenvalue weighted by molar-refractivity contribution is 9.10. The summed E-state index contributed by atoms with van der Waals surface area (Å²) in [6.07, 6.45) is 5.18. The molecule has 1 aliphatic rings. The smallest absolute Gasteiger partial charge is 0.211 e. The Kier molecular flexibility index (Phi) is 3.32. The van der Waals surface area contributed by atoms with E-state index in [1.165, 1.54) is 5.56 Å². The van der Waals surface area contributed by atoms with Crippen LogP contribution in [-0.4, -0.2) is 19.2 Å². The molecule has 0 aromatic carbocycles. The van der Waals surface area contributed by atoms with E-state index in [1.54, 1.807) is 19.3 Å². The minimum atomic E-state index is -3.15. The number of sulfonamides is 1. The highest BCUT2D eigenvalue weighted by Crippen LogP contribution is 2.35. The van der Waals surface area contributed by atoms with Crippen LogP contribution in [0.5, 0.6) is 0 Å². The summed E-state index contributed by atoms with van der Waals surface area (Å²) in [4.78, 5) is 4.08. The maximum Gasteiger partial charge on any atom is 0.211 e. The molecule has 1 aromatic heterocycles. The molecule has 1 heterocycles. The molecule has 6 heteroatoms. The maximum atomic E-state index is 11.5. The van der Waals surface area contributed by atoms with E-state index >= 15 is 0 Å². The summed E-state index contributed by atoms with van der Waals surface area (Å²) in [5.74, 6) is 0.111. The zero-order valence-corrected chi connectivity index (χ0v) is 11.3. The number of hydrogen-bond acceptors (Lipinski definition) is 3. The minimum absolute atomic E-state index is 0.111. The molecule has 1 N–H and O–H groups in total. The van der Waals surface area contributed by atoms with Gasteiger partial charge >= 0.3 is 0 Å². The topological polar surface area (TPSA) is 59.1 Å². The van der Waals surface area contributed by atoms with Crippen LogP contribution in [0.15, 0.2) is 16.9 Å². The van der Waals surface area contributed by atoms with Crippen molar-refractivity contribution >= 4 is 26.0 Å². The zero-order chi connectivity index (χ0) is 11.8. The second-order valence-corrected chi connectivity index (χ2v) is 6.70. The van der Waals surface area contributed by atoms with Gasteiger partial charge in [-0.25, -0.2) is 13.1 Å². The van der Waals surface area contributed by atoms with Crippen molar-refractivity contribution in [1.29, 1.82) is 0 Å². The first-order chi connectivity index (χ1) is 7.53. The predicted molar refractivity (Wildman–Crippen MR) is 65.6 cm³/mol. The molecule has 0 spiro atoms. The second-order valence-electron chi connectivity index (χ2n) is 3.80. The van der Waals surface area contributed by atoms with E-state index in [0.29, 0.717) is 0 Å². The maximum absolute atomic E-state index is 11.5. The fourth-order valence-electron chi connectivity index (χ4n) is 1.91. The molecule has 16 heavy (non-hydrogen) atoms. The lowest BCUT2D eigenvalue weighted by atomic mass is 10.1. The standard InChI is InChI=1S/C10H13BrN2O2S/c1-2-16(14,15)13-10-4-3-7-8(10)5-12-6-9(7)11/h5-6,10,13H,2-4H2,1H3/t10-/m0/s1. The largest absolute Gasteiger partial charge is 0.263 e. The number of rotatable bonds is 3. The third-order valence-corrected chi connectivity index (χ3v) is 4.89. The Balaban J connectivity index is 2.28. The molecule has 0 saturated carbocycles. The van der Waals surface area contributed by atoms with E-state index < -0.39 is 10.0 Å². The summed E-state index contributed by atoms with van der Waals surface area (Å²) in [6, 6.07) is -0.120. The van der Waals surface area contributed by atoms with E-state index in [1.807, 2.05) is 0 Å². The van der Waals surface area contributed by atoms with Gasteiger partial charge in [-0.3, -0.25) is 4.98 Å². The first kappa shape index (κ1) is 12.0. The van der Waals surface area contributed by atoms with Gasteiger partial charge in [0.05, 0.1) is 5.75 Å². The Morgan fingerprint density at radius 2 is 2.31 bits per heavy atom. The van der Waals surface area contributed by atoms with E-state index in [-0.39, 0.29) is 11.8 Å². The van der Waals surface area contributed by atoms with Crippen molar-refractivity contribution in [3.8, 4) is 0 Å². The molecular weight excluding hydrogens is 292 g/mol. The highest BCUT2D eigenvalue weighted by atomic mass is 79.9. The van der Waals surface area contributed by atoms with Crippen molar-refractivity contribution in [3.63, 3.8) is 0 Å². The monoisotopic (exact) mass is 304 g/mol. The van der Waals surface area contributed by atoms with E-state index in [0.717, 1.165) is 22.9 Å². The van der Waals surface area contributed by atoms with Gasteiger partial charge in [0.25, 0.3) is 0 Å². The number of aromatic nitrogens is 1. The average Bonchev–Trinajstić information content (AvgIpc) is 2.63. The van der Waals surface area contributed by atoms with Crippen LogP contribution in [0.25, 0.3) is 0 Å². The summed E-state index contributed by atoms with van der Waals surface area (Å²) in [5, 5.41) is 0. The van der Waals surface area contributed by atoms with E-state index in [4.69, 9.17) is 0 Å². The van der Waals surface area contributed by atoms with Crippen LogP contribution in [0.1, 0.15) is 30.5 Å². The molecule has 2 rings (SSSR count). The molecule has 0 amide bonds. The lowest BCUT2D eigenvalue weighted by Gasteiger charge is -2.13. The lowest BCUT2D eigenvalue weighted by Crippen LogP contribution is -2.28. The van der Waals surface area contributed by atoms with Gasteiger partial charge in [-0.05, 0) is 46.8 Å². The van der Waals surface area contributed by atoms with Gasteiger partial charge in [0.2, 0.25) is 10.0 Å². The van der Waals surface area contributed by atoms with Gasteiger partial charge in [-0.1, -0.05) is 0 Å². The van der Waals surface area contributed by atoms with Gasteiger partial charge in [0, 0.05) is 22.9 Å². The van der Waals surface area contributed by atoms with Gasteiger partial charge < -0.3 is 0 Å². The lowest BCUT2D eigenvalue weighted by molar-refractivity contribution is 0.555. The van der Waals surface area contributed by atoms with Crippen molar-refractivity contribution < 1.29 is 8.42 Å². The SMILES string of the molecule is CCS(=O)(=O)N[C@H]1CCc2c(Br)cncc21. The second kappa shape index (κ2) is 4.43. The van der Waals surface area contributed by atoms with Crippen LogP contribution in [0, 0.1) is 0 Å². The Bertz CT molecular complexity index is 502. The van der Waals surface area contributed by atoms with Crippen LogP contribution in [-0.2, 0) is 16.4 Å². The molecule has 1 aliphatic carbocycles. The minimum Gasteiger partial charge on any atom is -0.263 e. The zero-order valence-electron chi connectivity index (χ0n) is 8.90. The molecule has 1 atom stereocenters. The highest BCUT2D eigenvalue weighted by Gasteiger charge is 2.27. The van der Waals surface area contributed by atoms with Crippen molar-refractivity contribution in [2.45, 2.75) is 25.8 Å². The van der Waals surface area contributed by atoms with Gasteiger partial charge in [0.1, 0.15) is 0 Å². The first-order valence-corrected chi connectivity index (χ1v) is 7.60. The fraction of sp³-hybridized carbons (Fsp3) is 0.500. The quantitative estimate of drug-likeness (QED) is 0.926. The number of fused-ring (bicyclic) bond motifs is 1. The van der Waals surface area contributed by atoms with Crippen molar-refractivity contribution in [3.05, 3.63) is 28.0 Å². The van der Waals surface area contributed by atoms with E-state index in [9.17, 15) is 8.42 Å². The van der Waals surface area contributed by atoms with Crippen LogP contribution in [0.3, 0.4) is 0 Å². The molecule has 88 valence electrons. The number of nitrogens with zero attached hydrogens (tertiary/aromatic N) is 1. The van der Waals surface area contributed by atoms with Crippen molar-refractivity contribution in [2.24, 2.45) is 0 Å².